The lowest BCUT2D eigenvalue weighted by Gasteiger charge is -2.28. The Hall–Kier alpha value is -0.740. The van der Waals surface area contributed by atoms with Gasteiger partial charge in [-0.2, -0.15) is 0 Å². The van der Waals surface area contributed by atoms with Crippen LogP contribution in [0.2, 0.25) is 0 Å². The Bertz CT molecular complexity index is 489. The molecule has 1 aromatic heterocycles. The van der Waals surface area contributed by atoms with Gasteiger partial charge in [0.15, 0.2) is 0 Å². The van der Waals surface area contributed by atoms with E-state index in [1.54, 1.807) is 7.11 Å². The van der Waals surface area contributed by atoms with Crippen molar-refractivity contribution < 1.29 is 4.74 Å². The number of methoxy groups -OCH3 is 1. The third-order valence-corrected chi connectivity index (χ3v) is 4.61. The van der Waals surface area contributed by atoms with Crippen molar-refractivity contribution >= 4 is 12.2 Å². The van der Waals surface area contributed by atoms with E-state index in [9.17, 15) is 0 Å². The summed E-state index contributed by atoms with van der Waals surface area (Å²) in [4.78, 5) is 8.02. The normalized spacial score (nSPS) is 22.4. The van der Waals surface area contributed by atoms with E-state index in [2.05, 4.69) is 9.97 Å². The predicted octanol–water partition coefficient (Wildman–Crippen LogP) is 4.28. The van der Waals surface area contributed by atoms with Crippen molar-refractivity contribution in [3.63, 3.8) is 0 Å². The van der Waals surface area contributed by atoms with Crippen LogP contribution in [0.1, 0.15) is 68.5 Å². The molecule has 2 aliphatic rings. The third kappa shape index (κ3) is 3.06. The summed E-state index contributed by atoms with van der Waals surface area (Å²) in [5, 5.41) is 0. The van der Waals surface area contributed by atoms with E-state index in [-0.39, 0.29) is 6.10 Å². The number of rotatable bonds is 4. The monoisotopic (exact) mass is 278 g/mol. The first kappa shape index (κ1) is 13.3. The van der Waals surface area contributed by atoms with Crippen molar-refractivity contribution in [1.29, 1.82) is 0 Å². The number of H-pyrrole nitrogens is 1. The fraction of sp³-hybridized carbons (Fsp3) is 0.733. The molecule has 104 valence electrons. The highest BCUT2D eigenvalue weighted by Crippen LogP contribution is 2.40. The summed E-state index contributed by atoms with van der Waals surface area (Å²) in [7, 11) is 1.79. The van der Waals surface area contributed by atoms with Crippen LogP contribution >= 0.6 is 12.2 Å². The van der Waals surface area contributed by atoms with E-state index in [4.69, 9.17) is 17.0 Å². The van der Waals surface area contributed by atoms with Gasteiger partial charge in [0.05, 0.1) is 0 Å². The topological polar surface area (TPSA) is 37.9 Å². The highest BCUT2D eigenvalue weighted by atomic mass is 32.1. The van der Waals surface area contributed by atoms with Crippen LogP contribution in [0.5, 0.6) is 0 Å². The van der Waals surface area contributed by atoms with Gasteiger partial charge in [0.25, 0.3) is 0 Å². The Morgan fingerprint density at radius 1 is 1.26 bits per heavy atom. The molecule has 19 heavy (non-hydrogen) atoms. The van der Waals surface area contributed by atoms with Crippen LogP contribution in [0.4, 0.5) is 0 Å². The van der Waals surface area contributed by atoms with Crippen LogP contribution in [0, 0.1) is 10.6 Å². The lowest BCUT2D eigenvalue weighted by Crippen LogP contribution is -2.20. The number of aromatic nitrogens is 2. The van der Waals surface area contributed by atoms with Crippen LogP contribution in [-0.4, -0.2) is 17.1 Å². The first-order valence-electron chi connectivity index (χ1n) is 7.42. The zero-order valence-electron chi connectivity index (χ0n) is 11.5. The number of nitrogens with one attached hydrogen (secondary N) is 1. The molecule has 0 aromatic carbocycles. The van der Waals surface area contributed by atoms with E-state index in [1.165, 1.54) is 50.6 Å². The number of ether oxygens (including phenoxy) is 1. The molecular formula is C15H22N2OS. The van der Waals surface area contributed by atoms with Crippen LogP contribution in [0.25, 0.3) is 0 Å². The molecule has 0 saturated heterocycles. The van der Waals surface area contributed by atoms with Crippen molar-refractivity contribution in [2.24, 2.45) is 5.92 Å². The molecule has 3 nitrogen and oxygen atoms in total. The first-order valence-corrected chi connectivity index (χ1v) is 7.82. The Kier molecular flexibility index (Phi) is 3.99. The molecule has 3 rings (SSSR count). The number of aromatic amines is 1. The molecule has 1 heterocycles. The van der Waals surface area contributed by atoms with Crippen LogP contribution in [0.3, 0.4) is 0 Å². The van der Waals surface area contributed by atoms with Gasteiger partial charge < -0.3 is 9.72 Å². The minimum Gasteiger partial charge on any atom is -0.373 e. The van der Waals surface area contributed by atoms with Gasteiger partial charge in [-0.15, -0.1) is 0 Å². The average Bonchev–Trinajstić information content (AvgIpc) is 3.24. The third-order valence-electron chi connectivity index (χ3n) is 4.40. The Morgan fingerprint density at radius 2 is 2.00 bits per heavy atom. The van der Waals surface area contributed by atoms with Gasteiger partial charge in [-0.25, -0.2) is 4.98 Å². The minimum atomic E-state index is 0.0840. The zero-order chi connectivity index (χ0) is 13.2. The minimum absolute atomic E-state index is 0.0840. The van der Waals surface area contributed by atoms with Gasteiger partial charge in [-0.1, -0.05) is 31.5 Å². The SMILES string of the molecule is COC(c1nc(=S)cc(C2CC2)[nH]1)C1CCCCC1. The molecule has 4 heteroatoms. The van der Waals surface area contributed by atoms with E-state index >= 15 is 0 Å². The molecule has 2 aliphatic carbocycles. The van der Waals surface area contributed by atoms with E-state index in [0.717, 1.165) is 5.82 Å². The summed E-state index contributed by atoms with van der Waals surface area (Å²) < 4.78 is 6.45. The second-order valence-corrected chi connectivity index (χ2v) is 6.31. The number of nitrogens with zero attached hydrogens (tertiary/aromatic N) is 1. The Labute approximate surface area is 119 Å². The predicted molar refractivity (Wildman–Crippen MR) is 77.7 cm³/mol. The lowest BCUT2D eigenvalue weighted by atomic mass is 9.85. The molecule has 0 spiro atoms. The van der Waals surface area contributed by atoms with Crippen molar-refractivity contribution in [2.45, 2.75) is 57.0 Å². The number of hydrogen-bond acceptors (Lipinski definition) is 3. The molecule has 2 saturated carbocycles. The summed E-state index contributed by atoms with van der Waals surface area (Å²) in [6.45, 7) is 0. The molecular weight excluding hydrogens is 256 g/mol. The first-order chi connectivity index (χ1) is 9.28. The summed E-state index contributed by atoms with van der Waals surface area (Å²) in [6.07, 6.45) is 9.11. The van der Waals surface area contributed by atoms with Crippen molar-refractivity contribution in [3.8, 4) is 0 Å². The van der Waals surface area contributed by atoms with Crippen molar-refractivity contribution in [1.82, 2.24) is 9.97 Å². The van der Waals surface area contributed by atoms with Gasteiger partial charge in [-0.05, 0) is 43.6 Å². The standard InChI is InChI=1S/C15H22N2OS/c1-18-14(11-5-3-2-4-6-11)15-16-12(10-7-8-10)9-13(19)17-15/h9-11,14H,2-8H2,1H3,(H,16,17,19). The maximum absolute atomic E-state index is 5.75. The Morgan fingerprint density at radius 3 is 2.63 bits per heavy atom. The molecule has 2 fully saturated rings. The van der Waals surface area contributed by atoms with E-state index < -0.39 is 0 Å². The molecule has 1 unspecified atom stereocenters. The molecule has 0 aliphatic heterocycles. The van der Waals surface area contributed by atoms with Gasteiger partial charge in [0.1, 0.15) is 16.6 Å². The smallest absolute Gasteiger partial charge is 0.137 e. The fourth-order valence-corrected chi connectivity index (χ4v) is 3.43. The molecule has 1 N–H and O–H groups in total. The highest BCUT2D eigenvalue weighted by molar-refractivity contribution is 7.71. The maximum atomic E-state index is 5.75. The highest BCUT2D eigenvalue weighted by Gasteiger charge is 2.29. The summed E-state index contributed by atoms with van der Waals surface area (Å²) in [6, 6.07) is 2.02. The second kappa shape index (κ2) is 5.71. The van der Waals surface area contributed by atoms with Gasteiger partial charge >= 0.3 is 0 Å². The second-order valence-electron chi connectivity index (χ2n) is 5.89. The van der Waals surface area contributed by atoms with E-state index in [0.29, 0.717) is 16.5 Å². The van der Waals surface area contributed by atoms with Crippen molar-refractivity contribution in [2.75, 3.05) is 7.11 Å². The Balaban J connectivity index is 1.87. The van der Waals surface area contributed by atoms with Gasteiger partial charge in [-0.3, -0.25) is 0 Å². The summed E-state index contributed by atoms with van der Waals surface area (Å²) >= 11 is 5.32. The molecule has 0 bridgehead atoms. The van der Waals surface area contributed by atoms with E-state index in [1.807, 2.05) is 6.07 Å². The molecule has 1 atom stereocenters. The molecule has 0 radical (unpaired) electrons. The summed E-state index contributed by atoms with van der Waals surface area (Å²) in [5.74, 6) is 2.21. The van der Waals surface area contributed by atoms with Crippen LogP contribution in [-0.2, 0) is 4.74 Å². The molecule has 1 aromatic rings. The van der Waals surface area contributed by atoms with Gasteiger partial charge in [0, 0.05) is 12.8 Å². The quantitative estimate of drug-likeness (QED) is 0.835. The van der Waals surface area contributed by atoms with Gasteiger partial charge in [0.2, 0.25) is 0 Å². The maximum Gasteiger partial charge on any atom is 0.137 e. The van der Waals surface area contributed by atoms with Crippen LogP contribution in [0.15, 0.2) is 6.07 Å². The fourth-order valence-electron chi connectivity index (χ4n) is 3.21. The lowest BCUT2D eigenvalue weighted by molar-refractivity contribution is 0.0287. The summed E-state index contributed by atoms with van der Waals surface area (Å²) in [5.41, 5.74) is 1.26. The zero-order valence-corrected chi connectivity index (χ0v) is 12.3. The average molecular weight is 278 g/mol. The largest absolute Gasteiger partial charge is 0.373 e. The molecule has 0 amide bonds. The van der Waals surface area contributed by atoms with Crippen molar-refractivity contribution in [3.05, 3.63) is 22.2 Å². The van der Waals surface area contributed by atoms with Crippen LogP contribution < -0.4 is 0 Å². The number of hydrogen-bond donors (Lipinski definition) is 1.